The molecule has 1 saturated carbocycles. The van der Waals surface area contributed by atoms with Gasteiger partial charge in [-0.1, -0.05) is 35.5 Å². The minimum atomic E-state index is -1.17. The number of nitrogens with one attached hydrogen (secondary N) is 1. The zero-order valence-electron chi connectivity index (χ0n) is 11.6. The highest BCUT2D eigenvalue weighted by Crippen LogP contribution is 2.45. The van der Waals surface area contributed by atoms with E-state index in [0.717, 1.165) is 18.4 Å². The molecule has 0 radical (unpaired) electrons. The van der Waals surface area contributed by atoms with E-state index in [-0.39, 0.29) is 24.1 Å². The molecule has 0 aliphatic heterocycles. The second kappa shape index (κ2) is 5.88. The number of amides is 1. The van der Waals surface area contributed by atoms with Crippen molar-refractivity contribution >= 4 is 17.9 Å². The summed E-state index contributed by atoms with van der Waals surface area (Å²) >= 11 is 0. The molecule has 7 heteroatoms. The fourth-order valence-corrected chi connectivity index (χ4v) is 2.14. The summed E-state index contributed by atoms with van der Waals surface area (Å²) in [6.07, 6.45) is 1.00. The van der Waals surface area contributed by atoms with Gasteiger partial charge in [0.15, 0.2) is 5.69 Å². The Kier molecular flexibility index (Phi) is 3.78. The molecule has 0 unspecified atom stereocenters. The number of nitrogens with zero attached hydrogens (tertiary/aromatic N) is 1. The van der Waals surface area contributed by atoms with E-state index >= 15 is 0 Å². The average molecular weight is 302 g/mol. The van der Waals surface area contributed by atoms with Gasteiger partial charge in [-0.2, -0.15) is 0 Å². The first-order chi connectivity index (χ1) is 10.6. The van der Waals surface area contributed by atoms with Crippen LogP contribution >= 0.6 is 0 Å². The Morgan fingerprint density at radius 1 is 1.32 bits per heavy atom. The van der Waals surface area contributed by atoms with Gasteiger partial charge in [0, 0.05) is 0 Å². The number of carbonyl (C=O) groups is 2. The maximum absolute atomic E-state index is 11.8. The second-order valence-electron chi connectivity index (χ2n) is 5.04. The number of rotatable bonds is 5. The van der Waals surface area contributed by atoms with E-state index in [2.05, 4.69) is 10.5 Å². The van der Waals surface area contributed by atoms with E-state index in [0.29, 0.717) is 5.56 Å². The highest BCUT2D eigenvalue weighted by molar-refractivity contribution is 5.91. The number of carboxylic acid groups (broad SMARTS) is 1. The molecule has 1 aromatic carbocycles. The minimum absolute atomic E-state index is 0.0537. The molecule has 1 amide bonds. The summed E-state index contributed by atoms with van der Waals surface area (Å²) in [6.45, 7) is 0.116. The molecule has 22 heavy (non-hydrogen) atoms. The summed E-state index contributed by atoms with van der Waals surface area (Å²) in [5, 5.41) is 15.0. The van der Waals surface area contributed by atoms with Gasteiger partial charge in [-0.05, 0) is 24.3 Å². The first-order valence-corrected chi connectivity index (χ1v) is 6.85. The van der Waals surface area contributed by atoms with Crippen molar-refractivity contribution in [3.8, 4) is 0 Å². The zero-order chi connectivity index (χ0) is 15.5. The van der Waals surface area contributed by atoms with Gasteiger partial charge in [0.2, 0.25) is 5.88 Å². The van der Waals surface area contributed by atoms with Crippen LogP contribution in [-0.4, -0.2) is 22.3 Å². The third kappa shape index (κ3) is 3.08. The molecule has 3 rings (SSSR count). The molecule has 1 aliphatic rings. The van der Waals surface area contributed by atoms with Crippen LogP contribution in [0.4, 0.5) is 10.7 Å². The van der Waals surface area contributed by atoms with Gasteiger partial charge in [-0.25, -0.2) is 9.59 Å². The van der Waals surface area contributed by atoms with Crippen molar-refractivity contribution in [2.24, 2.45) is 0 Å². The number of hydrogen-bond donors (Lipinski definition) is 2. The maximum atomic E-state index is 11.8. The normalized spacial score (nSPS) is 13.6. The zero-order valence-corrected chi connectivity index (χ0v) is 11.6. The van der Waals surface area contributed by atoms with Gasteiger partial charge in [-0.15, -0.1) is 0 Å². The fraction of sp³-hybridized carbons (Fsp3) is 0.267. The summed E-state index contributed by atoms with van der Waals surface area (Å²) in [4.78, 5) is 22.9. The Morgan fingerprint density at radius 3 is 2.68 bits per heavy atom. The van der Waals surface area contributed by atoms with Crippen LogP contribution in [-0.2, 0) is 11.3 Å². The van der Waals surface area contributed by atoms with Gasteiger partial charge >= 0.3 is 12.1 Å². The van der Waals surface area contributed by atoms with Crippen LogP contribution in [0.5, 0.6) is 0 Å². The molecule has 1 aliphatic carbocycles. The van der Waals surface area contributed by atoms with Crippen molar-refractivity contribution in [3.05, 3.63) is 47.2 Å². The van der Waals surface area contributed by atoms with Crippen molar-refractivity contribution in [2.45, 2.75) is 25.4 Å². The number of aromatic carboxylic acids is 1. The predicted molar refractivity (Wildman–Crippen MR) is 75.7 cm³/mol. The highest BCUT2D eigenvalue weighted by Gasteiger charge is 2.35. The Bertz CT molecular complexity index is 691. The SMILES string of the molecule is O=C(Nc1onc(C(=O)O)c1C1CC1)OCc1ccccc1. The van der Waals surface area contributed by atoms with Crippen LogP contribution in [0.15, 0.2) is 34.9 Å². The molecule has 0 saturated heterocycles. The molecule has 7 nitrogen and oxygen atoms in total. The summed E-state index contributed by atoms with van der Waals surface area (Å²) in [5.74, 6) is -1.05. The van der Waals surface area contributed by atoms with Crippen molar-refractivity contribution in [1.29, 1.82) is 0 Å². The van der Waals surface area contributed by atoms with E-state index in [4.69, 9.17) is 14.4 Å². The lowest BCUT2D eigenvalue weighted by atomic mass is 10.1. The third-order valence-corrected chi connectivity index (χ3v) is 3.34. The van der Waals surface area contributed by atoms with Crippen LogP contribution in [0.25, 0.3) is 0 Å². The van der Waals surface area contributed by atoms with Gasteiger partial charge in [-0.3, -0.25) is 5.32 Å². The second-order valence-corrected chi connectivity index (χ2v) is 5.04. The Morgan fingerprint density at radius 2 is 2.05 bits per heavy atom. The summed E-state index contributed by atoms with van der Waals surface area (Å²) in [7, 11) is 0. The van der Waals surface area contributed by atoms with Crippen molar-refractivity contribution in [1.82, 2.24) is 5.16 Å². The van der Waals surface area contributed by atoms with Crippen LogP contribution in [0.2, 0.25) is 0 Å². The molecule has 1 heterocycles. The lowest BCUT2D eigenvalue weighted by Crippen LogP contribution is -2.14. The summed E-state index contributed by atoms with van der Waals surface area (Å²) < 4.78 is 10.0. The largest absolute Gasteiger partial charge is 0.476 e. The standard InChI is InChI=1S/C15H14N2O5/c18-14(19)12-11(10-6-7-10)13(22-17-12)16-15(20)21-8-9-4-2-1-3-5-9/h1-5,10H,6-8H2,(H,16,20)(H,18,19). The first-order valence-electron chi connectivity index (χ1n) is 6.85. The number of anilines is 1. The number of ether oxygens (including phenoxy) is 1. The quantitative estimate of drug-likeness (QED) is 0.880. The fourth-order valence-electron chi connectivity index (χ4n) is 2.14. The van der Waals surface area contributed by atoms with Crippen molar-refractivity contribution in [3.63, 3.8) is 0 Å². The Balaban J connectivity index is 1.65. The number of hydrogen-bond acceptors (Lipinski definition) is 5. The van der Waals surface area contributed by atoms with Crippen LogP contribution in [0.1, 0.15) is 40.4 Å². The van der Waals surface area contributed by atoms with Crippen LogP contribution in [0.3, 0.4) is 0 Å². The Labute approximate surface area is 125 Å². The molecular weight excluding hydrogens is 288 g/mol. The molecule has 0 bridgehead atoms. The lowest BCUT2D eigenvalue weighted by Gasteiger charge is -2.06. The monoisotopic (exact) mass is 302 g/mol. The number of carbonyl (C=O) groups excluding carboxylic acids is 1. The molecule has 2 N–H and O–H groups in total. The predicted octanol–water partition coefficient (Wildman–Crippen LogP) is 3.00. The van der Waals surface area contributed by atoms with Crippen molar-refractivity contribution in [2.75, 3.05) is 5.32 Å². The maximum Gasteiger partial charge on any atom is 0.414 e. The molecule has 1 fully saturated rings. The van der Waals surface area contributed by atoms with E-state index < -0.39 is 12.1 Å². The highest BCUT2D eigenvalue weighted by atomic mass is 16.6. The molecular formula is C15H14N2O5. The molecule has 0 spiro atoms. The topological polar surface area (TPSA) is 102 Å². The summed E-state index contributed by atoms with van der Waals surface area (Å²) in [6, 6.07) is 9.22. The van der Waals surface area contributed by atoms with Crippen LogP contribution in [0, 0.1) is 0 Å². The van der Waals surface area contributed by atoms with Gasteiger partial charge in [0.25, 0.3) is 0 Å². The molecule has 0 atom stereocenters. The Hall–Kier alpha value is -2.83. The third-order valence-electron chi connectivity index (χ3n) is 3.34. The average Bonchev–Trinajstić information content (AvgIpc) is 3.27. The van der Waals surface area contributed by atoms with E-state index in [1.165, 1.54) is 0 Å². The number of carboxylic acids is 1. The summed E-state index contributed by atoms with van der Waals surface area (Å²) in [5.41, 5.74) is 1.13. The number of benzene rings is 1. The van der Waals surface area contributed by atoms with E-state index in [1.807, 2.05) is 30.3 Å². The molecule has 2 aromatic rings. The lowest BCUT2D eigenvalue weighted by molar-refractivity contribution is 0.0684. The minimum Gasteiger partial charge on any atom is -0.476 e. The van der Waals surface area contributed by atoms with Crippen molar-refractivity contribution < 1.29 is 24.0 Å². The smallest absolute Gasteiger partial charge is 0.414 e. The van der Waals surface area contributed by atoms with Gasteiger partial charge in [0.05, 0.1) is 5.56 Å². The number of aromatic nitrogens is 1. The molecule has 114 valence electrons. The van der Waals surface area contributed by atoms with E-state index in [9.17, 15) is 9.59 Å². The van der Waals surface area contributed by atoms with Gasteiger partial charge in [0.1, 0.15) is 6.61 Å². The van der Waals surface area contributed by atoms with Gasteiger partial charge < -0.3 is 14.4 Å². The first kappa shape index (κ1) is 14.1. The van der Waals surface area contributed by atoms with Crippen LogP contribution < -0.4 is 5.32 Å². The molecule has 1 aromatic heterocycles. The van der Waals surface area contributed by atoms with E-state index in [1.54, 1.807) is 0 Å².